The molecule has 0 spiro atoms. The molecule has 1 aromatic heterocycles. The van der Waals surface area contributed by atoms with E-state index >= 15 is 0 Å². The van der Waals surface area contributed by atoms with E-state index in [2.05, 4.69) is 0 Å². The highest BCUT2D eigenvalue weighted by Crippen LogP contribution is 2.37. The van der Waals surface area contributed by atoms with Crippen molar-refractivity contribution < 1.29 is 14.3 Å². The van der Waals surface area contributed by atoms with Gasteiger partial charge in [0.05, 0.1) is 24.9 Å². The minimum atomic E-state index is -0.206. The molecule has 0 bridgehead atoms. The lowest BCUT2D eigenvalue weighted by molar-refractivity contribution is 0.0987. The van der Waals surface area contributed by atoms with Crippen LogP contribution in [0.4, 0.5) is 5.13 Å². The zero-order chi connectivity index (χ0) is 23.2. The van der Waals surface area contributed by atoms with Gasteiger partial charge in [0.15, 0.2) is 16.6 Å². The number of halogens is 1. The highest BCUT2D eigenvalue weighted by molar-refractivity contribution is 7.14. The molecule has 0 saturated carbocycles. The molecule has 4 rings (SSSR count). The van der Waals surface area contributed by atoms with E-state index in [4.69, 9.17) is 26.1 Å². The first kappa shape index (κ1) is 22.8. The van der Waals surface area contributed by atoms with Gasteiger partial charge >= 0.3 is 0 Å². The minimum absolute atomic E-state index is 0.206. The Morgan fingerprint density at radius 2 is 1.70 bits per heavy atom. The number of benzene rings is 3. The maximum Gasteiger partial charge on any atom is 0.260 e. The van der Waals surface area contributed by atoms with Crippen molar-refractivity contribution in [2.75, 3.05) is 25.7 Å². The van der Waals surface area contributed by atoms with E-state index in [0.29, 0.717) is 40.2 Å². The number of nitrogens with zero attached hydrogens (tertiary/aromatic N) is 2. The lowest BCUT2D eigenvalue weighted by Crippen LogP contribution is -2.33. The smallest absolute Gasteiger partial charge is 0.260 e. The molecule has 3 aromatic carbocycles. The number of hydrogen-bond acceptors (Lipinski definition) is 5. The van der Waals surface area contributed by atoms with Crippen LogP contribution in [-0.4, -0.2) is 31.7 Å². The zero-order valence-electron chi connectivity index (χ0n) is 18.3. The van der Waals surface area contributed by atoms with Crippen molar-refractivity contribution in [3.05, 3.63) is 94.3 Å². The van der Waals surface area contributed by atoms with Crippen molar-refractivity contribution in [1.82, 2.24) is 4.98 Å². The Morgan fingerprint density at radius 1 is 1.00 bits per heavy atom. The van der Waals surface area contributed by atoms with Crippen LogP contribution in [0.2, 0.25) is 5.02 Å². The zero-order valence-corrected chi connectivity index (χ0v) is 19.9. The Morgan fingerprint density at radius 3 is 2.36 bits per heavy atom. The number of methoxy groups -OCH3 is 2. The van der Waals surface area contributed by atoms with Gasteiger partial charge in [0.25, 0.3) is 5.91 Å². The second-order valence-corrected chi connectivity index (χ2v) is 8.51. The van der Waals surface area contributed by atoms with Crippen molar-refractivity contribution in [1.29, 1.82) is 0 Å². The fourth-order valence-electron chi connectivity index (χ4n) is 3.50. The lowest BCUT2D eigenvalue weighted by Gasteiger charge is -2.21. The molecule has 5 nitrogen and oxygen atoms in total. The third-order valence-electron chi connectivity index (χ3n) is 5.19. The predicted molar refractivity (Wildman–Crippen MR) is 134 cm³/mol. The number of amides is 1. The number of aromatic nitrogens is 1. The van der Waals surface area contributed by atoms with E-state index in [1.807, 2.05) is 66.0 Å². The van der Waals surface area contributed by atoms with Crippen LogP contribution in [-0.2, 0) is 6.42 Å². The van der Waals surface area contributed by atoms with E-state index in [-0.39, 0.29) is 5.91 Å². The summed E-state index contributed by atoms with van der Waals surface area (Å²) in [6.45, 7) is 0.469. The number of ether oxygens (including phenoxy) is 2. The molecule has 0 fully saturated rings. The third kappa shape index (κ3) is 5.18. The van der Waals surface area contributed by atoms with Gasteiger partial charge in [-0.15, -0.1) is 11.3 Å². The van der Waals surface area contributed by atoms with E-state index in [0.717, 1.165) is 16.8 Å². The molecular weight excluding hydrogens is 456 g/mol. The average molecular weight is 479 g/mol. The first-order valence-corrected chi connectivity index (χ1v) is 11.6. The van der Waals surface area contributed by atoms with Gasteiger partial charge in [-0.2, -0.15) is 0 Å². The van der Waals surface area contributed by atoms with Gasteiger partial charge in [0, 0.05) is 23.1 Å². The van der Waals surface area contributed by atoms with Crippen molar-refractivity contribution >= 4 is 34.0 Å². The van der Waals surface area contributed by atoms with Gasteiger partial charge in [-0.05, 0) is 24.1 Å². The number of hydrogen-bond donors (Lipinski definition) is 0. The minimum Gasteiger partial charge on any atom is -0.493 e. The lowest BCUT2D eigenvalue weighted by atomic mass is 10.1. The molecule has 0 aliphatic rings. The summed E-state index contributed by atoms with van der Waals surface area (Å²) in [5.41, 5.74) is 3.38. The van der Waals surface area contributed by atoms with Crippen molar-refractivity contribution in [3.8, 4) is 22.8 Å². The van der Waals surface area contributed by atoms with Crippen LogP contribution in [0.15, 0.2) is 78.2 Å². The van der Waals surface area contributed by atoms with Gasteiger partial charge in [0.2, 0.25) is 0 Å². The molecule has 0 atom stereocenters. The van der Waals surface area contributed by atoms with Gasteiger partial charge < -0.3 is 9.47 Å². The normalized spacial score (nSPS) is 10.6. The standard InChI is InChI=1S/C26H23ClN2O3S/c1-31-23-16-20(15-21(27)24(23)32-2)25(30)29(14-13-18-9-5-3-6-10-18)26-28-22(17-33-26)19-11-7-4-8-12-19/h3-12,15-17H,13-14H2,1-2H3. The first-order chi connectivity index (χ1) is 16.1. The van der Waals surface area contributed by atoms with Gasteiger partial charge in [-0.3, -0.25) is 9.69 Å². The molecule has 33 heavy (non-hydrogen) atoms. The fourth-order valence-corrected chi connectivity index (χ4v) is 4.64. The average Bonchev–Trinajstić information content (AvgIpc) is 3.34. The highest BCUT2D eigenvalue weighted by atomic mass is 35.5. The van der Waals surface area contributed by atoms with Crippen LogP contribution in [0, 0.1) is 0 Å². The predicted octanol–water partition coefficient (Wildman–Crippen LogP) is 6.37. The van der Waals surface area contributed by atoms with Gasteiger partial charge in [-0.25, -0.2) is 4.98 Å². The molecule has 1 amide bonds. The molecule has 4 aromatic rings. The molecule has 0 saturated heterocycles. The second kappa shape index (κ2) is 10.5. The summed E-state index contributed by atoms with van der Waals surface area (Å²) in [5, 5.41) is 2.91. The molecule has 0 radical (unpaired) electrons. The third-order valence-corrected chi connectivity index (χ3v) is 6.33. The summed E-state index contributed by atoms with van der Waals surface area (Å²) >= 11 is 7.81. The van der Waals surface area contributed by atoms with Gasteiger partial charge in [-0.1, -0.05) is 72.3 Å². The number of anilines is 1. The van der Waals surface area contributed by atoms with Crippen LogP contribution >= 0.6 is 22.9 Å². The quantitative estimate of drug-likeness (QED) is 0.295. The van der Waals surface area contributed by atoms with Crippen molar-refractivity contribution in [2.24, 2.45) is 0 Å². The summed E-state index contributed by atoms with van der Waals surface area (Å²) in [5.74, 6) is 0.593. The van der Waals surface area contributed by atoms with E-state index < -0.39 is 0 Å². The molecule has 0 unspecified atom stereocenters. The fraction of sp³-hybridized carbons (Fsp3) is 0.154. The Hall–Kier alpha value is -3.35. The van der Waals surface area contributed by atoms with Crippen LogP contribution in [0.25, 0.3) is 11.3 Å². The molecule has 0 aliphatic heterocycles. The van der Waals surface area contributed by atoms with Crippen LogP contribution in [0.5, 0.6) is 11.5 Å². The SMILES string of the molecule is COc1cc(C(=O)N(CCc2ccccc2)c2nc(-c3ccccc3)cs2)cc(Cl)c1OC. The van der Waals surface area contributed by atoms with Gasteiger partial charge in [0.1, 0.15) is 0 Å². The molecule has 168 valence electrons. The Labute approximate surface area is 202 Å². The van der Waals surface area contributed by atoms with Crippen LogP contribution < -0.4 is 14.4 Å². The molecule has 7 heteroatoms. The Kier molecular flexibility index (Phi) is 7.27. The molecule has 0 aliphatic carbocycles. The Bertz CT molecular complexity index is 1230. The second-order valence-electron chi connectivity index (χ2n) is 7.27. The molecule has 0 N–H and O–H groups in total. The summed E-state index contributed by atoms with van der Waals surface area (Å²) in [4.78, 5) is 20.1. The topological polar surface area (TPSA) is 51.7 Å². The maximum absolute atomic E-state index is 13.7. The number of rotatable bonds is 8. The molecular formula is C26H23ClN2O3S. The van der Waals surface area contributed by atoms with Crippen LogP contribution in [0.3, 0.4) is 0 Å². The maximum atomic E-state index is 13.7. The van der Waals surface area contributed by atoms with Crippen molar-refractivity contribution in [3.63, 3.8) is 0 Å². The first-order valence-electron chi connectivity index (χ1n) is 10.4. The molecule has 1 heterocycles. The van der Waals surface area contributed by atoms with Crippen molar-refractivity contribution in [2.45, 2.75) is 6.42 Å². The van der Waals surface area contributed by atoms with Crippen LogP contribution in [0.1, 0.15) is 15.9 Å². The highest BCUT2D eigenvalue weighted by Gasteiger charge is 2.24. The number of carbonyl (C=O) groups excluding carboxylic acids is 1. The van der Waals surface area contributed by atoms with E-state index in [1.54, 1.807) is 17.0 Å². The summed E-state index contributed by atoms with van der Waals surface area (Å²) < 4.78 is 10.7. The van der Waals surface area contributed by atoms with E-state index in [1.165, 1.54) is 25.6 Å². The van der Waals surface area contributed by atoms with E-state index in [9.17, 15) is 4.79 Å². The number of thiazole rings is 1. The summed E-state index contributed by atoms with van der Waals surface area (Å²) in [7, 11) is 3.03. The number of carbonyl (C=O) groups is 1. The largest absolute Gasteiger partial charge is 0.493 e. The Balaban J connectivity index is 1.69. The monoisotopic (exact) mass is 478 g/mol. The summed E-state index contributed by atoms with van der Waals surface area (Å²) in [6.07, 6.45) is 0.688. The summed E-state index contributed by atoms with van der Waals surface area (Å²) in [6, 6.07) is 23.2.